The lowest BCUT2D eigenvalue weighted by molar-refractivity contribution is 0.0632. The monoisotopic (exact) mass is 223 g/mol. The van der Waals surface area contributed by atoms with Gasteiger partial charge in [-0.2, -0.15) is 11.8 Å². The van der Waals surface area contributed by atoms with E-state index < -0.39 is 0 Å². The van der Waals surface area contributed by atoms with E-state index >= 15 is 0 Å². The van der Waals surface area contributed by atoms with Crippen LogP contribution in [0.15, 0.2) is 24.4 Å². The molecule has 0 bridgehead atoms. The highest BCUT2D eigenvalue weighted by molar-refractivity contribution is 7.98. The van der Waals surface area contributed by atoms with Gasteiger partial charge in [0.25, 0.3) is 0 Å². The van der Waals surface area contributed by atoms with Crippen molar-refractivity contribution in [3.8, 4) is 0 Å². The summed E-state index contributed by atoms with van der Waals surface area (Å²) >= 11 is 1.97. The molecule has 1 aliphatic heterocycles. The maximum absolute atomic E-state index is 5.46. The second-order valence-electron chi connectivity index (χ2n) is 3.92. The number of rotatable bonds is 4. The third-order valence-corrected chi connectivity index (χ3v) is 3.79. The van der Waals surface area contributed by atoms with Crippen LogP contribution in [0.25, 0.3) is 0 Å². The van der Waals surface area contributed by atoms with Crippen molar-refractivity contribution >= 4 is 11.8 Å². The molecule has 2 nitrogen and oxygen atoms in total. The van der Waals surface area contributed by atoms with Crippen LogP contribution in [0, 0.1) is 5.92 Å². The zero-order chi connectivity index (χ0) is 10.3. The number of thioether (sulfide) groups is 1. The van der Waals surface area contributed by atoms with Gasteiger partial charge in [0, 0.05) is 18.6 Å². The van der Waals surface area contributed by atoms with Gasteiger partial charge in [-0.3, -0.25) is 4.98 Å². The molecule has 0 amide bonds. The summed E-state index contributed by atoms with van der Waals surface area (Å²) in [6.07, 6.45) is 4.42. The minimum atomic E-state index is 0.757. The first kappa shape index (κ1) is 11.0. The highest BCUT2D eigenvalue weighted by atomic mass is 32.2. The number of ether oxygens (including phenoxy) is 1. The van der Waals surface area contributed by atoms with E-state index in [1.54, 1.807) is 0 Å². The Labute approximate surface area is 95.4 Å². The molecule has 0 unspecified atom stereocenters. The first-order chi connectivity index (χ1) is 7.45. The average Bonchev–Trinajstić information content (AvgIpc) is 2.32. The van der Waals surface area contributed by atoms with Crippen molar-refractivity contribution in [3.63, 3.8) is 0 Å². The zero-order valence-electron chi connectivity index (χ0n) is 8.89. The molecule has 0 aromatic carbocycles. The van der Waals surface area contributed by atoms with Crippen LogP contribution in [0.4, 0.5) is 0 Å². The SMILES string of the molecule is c1ccc(CSC[C@@H]2CCCOC2)nc1. The van der Waals surface area contributed by atoms with Crippen LogP contribution < -0.4 is 0 Å². The molecule has 1 fully saturated rings. The zero-order valence-corrected chi connectivity index (χ0v) is 9.71. The van der Waals surface area contributed by atoms with Crippen molar-refractivity contribution < 1.29 is 4.74 Å². The number of pyridine rings is 1. The molecule has 15 heavy (non-hydrogen) atoms. The highest BCUT2D eigenvalue weighted by Crippen LogP contribution is 2.20. The maximum Gasteiger partial charge on any atom is 0.0502 e. The molecule has 0 radical (unpaired) electrons. The molecule has 0 N–H and O–H groups in total. The first-order valence-electron chi connectivity index (χ1n) is 5.50. The van der Waals surface area contributed by atoms with E-state index in [9.17, 15) is 0 Å². The number of hydrogen-bond donors (Lipinski definition) is 0. The van der Waals surface area contributed by atoms with Gasteiger partial charge in [-0.05, 0) is 36.6 Å². The summed E-state index contributed by atoms with van der Waals surface area (Å²) < 4.78 is 5.46. The Balaban J connectivity index is 1.66. The lowest BCUT2D eigenvalue weighted by atomic mass is 10.1. The number of aromatic nitrogens is 1. The van der Waals surface area contributed by atoms with E-state index in [2.05, 4.69) is 11.1 Å². The molecule has 2 rings (SSSR count). The van der Waals surface area contributed by atoms with Crippen LogP contribution in [0.1, 0.15) is 18.5 Å². The summed E-state index contributed by atoms with van der Waals surface area (Å²) in [7, 11) is 0. The van der Waals surface area contributed by atoms with Gasteiger partial charge in [0.1, 0.15) is 0 Å². The lowest BCUT2D eigenvalue weighted by Crippen LogP contribution is -2.19. The Morgan fingerprint density at radius 1 is 1.47 bits per heavy atom. The Morgan fingerprint density at radius 2 is 2.47 bits per heavy atom. The molecule has 82 valence electrons. The predicted octanol–water partition coefficient (Wildman–Crippen LogP) is 2.74. The van der Waals surface area contributed by atoms with Gasteiger partial charge >= 0.3 is 0 Å². The standard InChI is InChI=1S/C12H17NOS/c1-2-6-13-12(5-1)10-15-9-11-4-3-7-14-8-11/h1-2,5-6,11H,3-4,7-10H2/t11-/m1/s1. The molecule has 2 heterocycles. The maximum atomic E-state index is 5.46. The smallest absolute Gasteiger partial charge is 0.0502 e. The van der Waals surface area contributed by atoms with Gasteiger partial charge in [-0.1, -0.05) is 6.07 Å². The van der Waals surface area contributed by atoms with Gasteiger partial charge in [0.15, 0.2) is 0 Å². The van der Waals surface area contributed by atoms with Gasteiger partial charge < -0.3 is 4.74 Å². The molecule has 1 aromatic rings. The summed E-state index contributed by atoms with van der Waals surface area (Å²) in [6.45, 7) is 1.91. The van der Waals surface area contributed by atoms with Crippen molar-refractivity contribution in [1.82, 2.24) is 4.98 Å². The second-order valence-corrected chi connectivity index (χ2v) is 4.95. The molecule has 1 saturated heterocycles. The average molecular weight is 223 g/mol. The van der Waals surface area contributed by atoms with Crippen molar-refractivity contribution in [2.45, 2.75) is 18.6 Å². The fourth-order valence-electron chi connectivity index (χ4n) is 1.75. The van der Waals surface area contributed by atoms with Crippen molar-refractivity contribution in [1.29, 1.82) is 0 Å². The van der Waals surface area contributed by atoms with Gasteiger partial charge in [0.05, 0.1) is 12.3 Å². The fraction of sp³-hybridized carbons (Fsp3) is 0.583. The third-order valence-electron chi connectivity index (χ3n) is 2.58. The number of hydrogen-bond acceptors (Lipinski definition) is 3. The molecule has 1 aliphatic rings. The van der Waals surface area contributed by atoms with E-state index in [0.29, 0.717) is 0 Å². The van der Waals surface area contributed by atoms with Crippen molar-refractivity contribution in [2.75, 3.05) is 19.0 Å². The molecule has 0 aliphatic carbocycles. The van der Waals surface area contributed by atoms with E-state index in [-0.39, 0.29) is 0 Å². The van der Waals surface area contributed by atoms with E-state index in [1.807, 2.05) is 30.1 Å². The highest BCUT2D eigenvalue weighted by Gasteiger charge is 2.13. The number of nitrogens with zero attached hydrogens (tertiary/aromatic N) is 1. The molecular weight excluding hydrogens is 206 g/mol. The first-order valence-corrected chi connectivity index (χ1v) is 6.66. The largest absolute Gasteiger partial charge is 0.381 e. The van der Waals surface area contributed by atoms with Crippen LogP contribution >= 0.6 is 11.8 Å². The normalized spacial score (nSPS) is 21.5. The van der Waals surface area contributed by atoms with E-state index in [0.717, 1.165) is 24.9 Å². The van der Waals surface area contributed by atoms with Gasteiger partial charge in [-0.15, -0.1) is 0 Å². The topological polar surface area (TPSA) is 22.1 Å². The van der Waals surface area contributed by atoms with Gasteiger partial charge in [0.2, 0.25) is 0 Å². The molecule has 1 aromatic heterocycles. The van der Waals surface area contributed by atoms with Crippen LogP contribution in [0.3, 0.4) is 0 Å². The minimum absolute atomic E-state index is 0.757. The summed E-state index contributed by atoms with van der Waals surface area (Å²) in [4.78, 5) is 4.31. The fourth-order valence-corrected chi connectivity index (χ4v) is 2.85. The van der Waals surface area contributed by atoms with E-state index in [4.69, 9.17) is 4.74 Å². The van der Waals surface area contributed by atoms with Crippen molar-refractivity contribution in [3.05, 3.63) is 30.1 Å². The van der Waals surface area contributed by atoms with Gasteiger partial charge in [-0.25, -0.2) is 0 Å². The Bertz CT molecular complexity index is 272. The van der Waals surface area contributed by atoms with Crippen LogP contribution in [-0.4, -0.2) is 24.0 Å². The Hall–Kier alpha value is -0.540. The molecular formula is C12H17NOS. The summed E-state index contributed by atoms with van der Waals surface area (Å²) in [5.74, 6) is 2.99. The third kappa shape index (κ3) is 3.84. The van der Waals surface area contributed by atoms with E-state index in [1.165, 1.54) is 24.3 Å². The predicted molar refractivity (Wildman–Crippen MR) is 63.9 cm³/mol. The Kier molecular flexibility index (Phi) is 4.48. The van der Waals surface area contributed by atoms with Crippen LogP contribution in [0.2, 0.25) is 0 Å². The Morgan fingerprint density at radius 3 is 3.20 bits per heavy atom. The summed E-state index contributed by atoms with van der Waals surface area (Å²) in [5, 5.41) is 0. The summed E-state index contributed by atoms with van der Waals surface area (Å²) in [6, 6.07) is 6.10. The summed E-state index contributed by atoms with van der Waals surface area (Å²) in [5.41, 5.74) is 1.18. The lowest BCUT2D eigenvalue weighted by Gasteiger charge is -2.21. The molecule has 0 saturated carbocycles. The van der Waals surface area contributed by atoms with Crippen molar-refractivity contribution in [2.24, 2.45) is 5.92 Å². The van der Waals surface area contributed by atoms with Crippen LogP contribution in [0.5, 0.6) is 0 Å². The van der Waals surface area contributed by atoms with Crippen LogP contribution in [-0.2, 0) is 10.5 Å². The molecule has 3 heteroatoms. The quantitative estimate of drug-likeness (QED) is 0.783. The molecule has 0 spiro atoms. The second kappa shape index (κ2) is 6.13. The molecule has 1 atom stereocenters. The minimum Gasteiger partial charge on any atom is -0.381 e.